The molecule has 0 unspecified atom stereocenters. The summed E-state index contributed by atoms with van der Waals surface area (Å²) in [5.74, 6) is 2.04. The molecule has 0 radical (unpaired) electrons. The first-order valence-electron chi connectivity index (χ1n) is 10.3. The molecule has 0 bridgehead atoms. The normalized spacial score (nSPS) is 11.2. The van der Waals surface area contributed by atoms with Gasteiger partial charge in [0.2, 0.25) is 0 Å². The van der Waals surface area contributed by atoms with E-state index in [1.807, 2.05) is 53.3 Å². The molecule has 0 aliphatic heterocycles. The average molecular weight is 476 g/mol. The van der Waals surface area contributed by atoms with Crippen molar-refractivity contribution < 1.29 is 4.74 Å². The topological polar surface area (TPSA) is 74.3 Å². The minimum Gasteiger partial charge on any atom is -0.497 e. The lowest BCUT2D eigenvalue weighted by Crippen LogP contribution is -2.14. The summed E-state index contributed by atoms with van der Waals surface area (Å²) in [4.78, 5) is 17.9. The van der Waals surface area contributed by atoms with Gasteiger partial charge in [0.05, 0.1) is 12.8 Å². The van der Waals surface area contributed by atoms with E-state index in [2.05, 4.69) is 34.2 Å². The van der Waals surface area contributed by atoms with Gasteiger partial charge in [-0.05, 0) is 44.2 Å². The first kappa shape index (κ1) is 21.4. The number of benzene rings is 2. The van der Waals surface area contributed by atoms with E-state index in [0.717, 1.165) is 39.2 Å². The number of hydrogen-bond donors (Lipinski definition) is 0. The molecule has 0 N–H and O–H groups in total. The van der Waals surface area contributed by atoms with E-state index >= 15 is 0 Å². The molecule has 5 rings (SSSR count). The van der Waals surface area contributed by atoms with Crippen LogP contribution in [0.3, 0.4) is 0 Å². The average Bonchev–Trinajstić information content (AvgIpc) is 3.41. The summed E-state index contributed by atoms with van der Waals surface area (Å²) in [5.41, 5.74) is 4.61. The van der Waals surface area contributed by atoms with Crippen LogP contribution in [0.4, 0.5) is 0 Å². The smallest absolute Gasteiger partial charge is 0.258 e. The highest BCUT2D eigenvalue weighted by Crippen LogP contribution is 2.30. The van der Waals surface area contributed by atoms with Crippen LogP contribution >= 0.6 is 23.1 Å². The minimum absolute atomic E-state index is 0.0635. The molecule has 0 saturated carbocycles. The van der Waals surface area contributed by atoms with Crippen molar-refractivity contribution in [1.29, 1.82) is 0 Å². The first-order valence-corrected chi connectivity index (χ1v) is 12.2. The predicted molar refractivity (Wildman–Crippen MR) is 132 cm³/mol. The van der Waals surface area contributed by atoms with Crippen LogP contribution in [0.5, 0.6) is 5.75 Å². The van der Waals surface area contributed by atoms with Gasteiger partial charge in [-0.25, -0.2) is 4.98 Å². The van der Waals surface area contributed by atoms with E-state index in [1.54, 1.807) is 17.6 Å². The molecule has 2 aromatic carbocycles. The van der Waals surface area contributed by atoms with Crippen molar-refractivity contribution in [3.05, 3.63) is 87.3 Å². The number of hydrogen-bond acceptors (Lipinski definition) is 7. The molecule has 0 spiro atoms. The zero-order chi connectivity index (χ0) is 22.9. The number of aromatic nitrogens is 5. The van der Waals surface area contributed by atoms with Crippen LogP contribution in [0, 0.1) is 13.8 Å². The minimum atomic E-state index is -0.0635. The molecule has 9 heteroatoms. The lowest BCUT2D eigenvalue weighted by atomic mass is 10.1. The van der Waals surface area contributed by atoms with Crippen molar-refractivity contribution >= 4 is 28.1 Å². The third kappa shape index (κ3) is 4.17. The van der Waals surface area contributed by atoms with Crippen LogP contribution < -0.4 is 10.3 Å². The maximum atomic E-state index is 12.5. The number of thiazole rings is 1. The van der Waals surface area contributed by atoms with Gasteiger partial charge in [0.15, 0.2) is 15.9 Å². The van der Waals surface area contributed by atoms with Crippen LogP contribution in [0.2, 0.25) is 0 Å². The van der Waals surface area contributed by atoms with Gasteiger partial charge >= 0.3 is 0 Å². The molecule has 0 aliphatic carbocycles. The third-order valence-electron chi connectivity index (χ3n) is 5.22. The highest BCUT2D eigenvalue weighted by Gasteiger charge is 2.17. The van der Waals surface area contributed by atoms with Crippen molar-refractivity contribution in [2.24, 2.45) is 0 Å². The molecule has 0 atom stereocenters. The Morgan fingerprint density at radius 2 is 1.88 bits per heavy atom. The highest BCUT2D eigenvalue weighted by atomic mass is 32.2. The third-order valence-corrected chi connectivity index (χ3v) is 7.12. The molecule has 0 aliphatic rings. The number of thioether (sulfide) groups is 1. The molecule has 7 nitrogen and oxygen atoms in total. The fourth-order valence-corrected chi connectivity index (χ4v) is 5.35. The monoisotopic (exact) mass is 475 g/mol. The van der Waals surface area contributed by atoms with Gasteiger partial charge in [0, 0.05) is 34.1 Å². The molecule has 0 fully saturated rings. The summed E-state index contributed by atoms with van der Waals surface area (Å²) in [7, 11) is 1.65. The van der Waals surface area contributed by atoms with Crippen molar-refractivity contribution in [3.8, 4) is 22.8 Å². The molecule has 0 saturated heterocycles. The van der Waals surface area contributed by atoms with Crippen molar-refractivity contribution in [1.82, 2.24) is 24.1 Å². The van der Waals surface area contributed by atoms with Crippen LogP contribution in [0.1, 0.15) is 17.0 Å². The lowest BCUT2D eigenvalue weighted by molar-refractivity contribution is 0.414. The standard InChI is InChI=1S/C24H21N5O2S2/c1-15-5-4-6-17(11-15)22-26-27-24(29(22)19-7-9-20(31-3)10-8-19)33-14-18-12-21(30)28-16(2)13-32-23(28)25-18/h4-13H,14H2,1-3H3. The Labute approximate surface area is 198 Å². The maximum absolute atomic E-state index is 12.5. The molecule has 0 amide bonds. The van der Waals surface area contributed by atoms with E-state index in [1.165, 1.54) is 23.1 Å². The van der Waals surface area contributed by atoms with Gasteiger partial charge in [0.25, 0.3) is 5.56 Å². The Morgan fingerprint density at radius 1 is 1.06 bits per heavy atom. The summed E-state index contributed by atoms with van der Waals surface area (Å²) in [5, 5.41) is 11.7. The zero-order valence-corrected chi connectivity index (χ0v) is 20.0. The van der Waals surface area contributed by atoms with Crippen LogP contribution in [-0.4, -0.2) is 31.3 Å². The number of fused-ring (bicyclic) bond motifs is 1. The molecule has 3 heterocycles. The van der Waals surface area contributed by atoms with Gasteiger partial charge < -0.3 is 4.74 Å². The molecular weight excluding hydrogens is 454 g/mol. The van der Waals surface area contributed by atoms with Gasteiger partial charge in [-0.1, -0.05) is 35.5 Å². The van der Waals surface area contributed by atoms with Crippen LogP contribution in [0.15, 0.2) is 69.9 Å². The van der Waals surface area contributed by atoms with E-state index in [0.29, 0.717) is 16.4 Å². The summed E-state index contributed by atoms with van der Waals surface area (Å²) in [6.07, 6.45) is 0. The Balaban J connectivity index is 1.53. The van der Waals surface area contributed by atoms with Gasteiger partial charge in [-0.2, -0.15) is 0 Å². The second kappa shape index (κ2) is 8.84. The van der Waals surface area contributed by atoms with Gasteiger partial charge in [0.1, 0.15) is 5.75 Å². The second-order valence-electron chi connectivity index (χ2n) is 7.58. The Morgan fingerprint density at radius 3 is 2.64 bits per heavy atom. The van der Waals surface area contributed by atoms with E-state index in [-0.39, 0.29) is 5.56 Å². The molecule has 3 aromatic heterocycles. The molecular formula is C24H21N5O2S2. The van der Waals surface area contributed by atoms with E-state index in [4.69, 9.17) is 4.74 Å². The SMILES string of the molecule is COc1ccc(-n2c(SCc3cc(=O)n4c(C)csc4n3)nnc2-c2cccc(C)c2)cc1. The van der Waals surface area contributed by atoms with E-state index in [9.17, 15) is 4.79 Å². The molecule has 33 heavy (non-hydrogen) atoms. The maximum Gasteiger partial charge on any atom is 0.258 e. The first-order chi connectivity index (χ1) is 16.0. The van der Waals surface area contributed by atoms with Gasteiger partial charge in [-0.3, -0.25) is 13.8 Å². The largest absolute Gasteiger partial charge is 0.497 e. The summed E-state index contributed by atoms with van der Waals surface area (Å²) >= 11 is 2.97. The van der Waals surface area contributed by atoms with E-state index < -0.39 is 0 Å². The van der Waals surface area contributed by atoms with Crippen molar-refractivity contribution in [2.45, 2.75) is 24.8 Å². The summed E-state index contributed by atoms with van der Waals surface area (Å²) < 4.78 is 8.98. The molecule has 5 aromatic rings. The Kier molecular flexibility index (Phi) is 5.74. The van der Waals surface area contributed by atoms with Crippen molar-refractivity contribution in [2.75, 3.05) is 7.11 Å². The number of rotatable bonds is 6. The Hall–Kier alpha value is -3.43. The quantitative estimate of drug-likeness (QED) is 0.325. The number of ether oxygens (including phenoxy) is 1. The van der Waals surface area contributed by atoms with Crippen LogP contribution in [-0.2, 0) is 5.75 Å². The summed E-state index contributed by atoms with van der Waals surface area (Å²) in [6, 6.07) is 17.6. The predicted octanol–water partition coefficient (Wildman–Crippen LogP) is 4.92. The fraction of sp³-hybridized carbons (Fsp3) is 0.167. The highest BCUT2D eigenvalue weighted by molar-refractivity contribution is 7.98. The zero-order valence-electron chi connectivity index (χ0n) is 18.3. The number of aryl methyl sites for hydroxylation is 2. The van der Waals surface area contributed by atoms with Gasteiger partial charge in [-0.15, -0.1) is 21.5 Å². The number of nitrogens with zero attached hydrogens (tertiary/aromatic N) is 5. The Bertz CT molecular complexity index is 1500. The van der Waals surface area contributed by atoms with Crippen LogP contribution in [0.25, 0.3) is 22.0 Å². The van der Waals surface area contributed by atoms with Crippen molar-refractivity contribution in [3.63, 3.8) is 0 Å². The second-order valence-corrected chi connectivity index (χ2v) is 9.36. The fourth-order valence-electron chi connectivity index (χ4n) is 3.61. The lowest BCUT2D eigenvalue weighted by Gasteiger charge is -2.11. The number of methoxy groups -OCH3 is 1. The molecule has 166 valence electrons. The summed E-state index contributed by atoms with van der Waals surface area (Å²) in [6.45, 7) is 3.96.